The van der Waals surface area contributed by atoms with Crippen molar-refractivity contribution in [3.05, 3.63) is 63.4 Å². The van der Waals surface area contributed by atoms with Crippen molar-refractivity contribution < 1.29 is 38.4 Å². The first-order chi connectivity index (χ1) is 25.3. The van der Waals surface area contributed by atoms with Crippen LogP contribution in [-0.4, -0.2) is 91.8 Å². The lowest BCUT2D eigenvalue weighted by Gasteiger charge is -2.45. The maximum Gasteiger partial charge on any atom is 0.312 e. The van der Waals surface area contributed by atoms with E-state index in [1.807, 2.05) is 16.7 Å². The number of nitrogens with two attached hydrogens (primary N) is 2. The number of likely N-dealkylation sites (N-methyl/N-ethyl adjacent to an activating group) is 1. The van der Waals surface area contributed by atoms with Crippen molar-refractivity contribution in [1.29, 1.82) is 0 Å². The number of carbonyl (C=O) groups is 3. The molecule has 5 N–H and O–H groups in total. The van der Waals surface area contributed by atoms with Crippen molar-refractivity contribution in [2.45, 2.75) is 70.9 Å². The number of rotatable bonds is 13. The molecule has 0 bridgehead atoms. The zero-order valence-corrected chi connectivity index (χ0v) is 31.9. The first kappa shape index (κ1) is 38.5. The van der Waals surface area contributed by atoms with Crippen LogP contribution in [-0.2, 0) is 32.1 Å². The second-order valence-electron chi connectivity index (χ2n) is 15.2. The van der Waals surface area contributed by atoms with Gasteiger partial charge in [0.25, 0.3) is 0 Å². The highest BCUT2D eigenvalue weighted by molar-refractivity contribution is 6.31. The minimum Gasteiger partial charge on any atom is -0.497 e. The van der Waals surface area contributed by atoms with Gasteiger partial charge < -0.3 is 44.6 Å². The van der Waals surface area contributed by atoms with Gasteiger partial charge in [-0.05, 0) is 74.3 Å². The summed E-state index contributed by atoms with van der Waals surface area (Å²) >= 11 is 6.84. The predicted molar refractivity (Wildman–Crippen MR) is 198 cm³/mol. The third-order valence-electron chi connectivity index (χ3n) is 11.8. The largest absolute Gasteiger partial charge is 0.497 e. The van der Waals surface area contributed by atoms with Gasteiger partial charge in [0.1, 0.15) is 30.5 Å². The smallest absolute Gasteiger partial charge is 0.312 e. The molecule has 1 saturated heterocycles. The molecule has 2 aromatic carbocycles. The average Bonchev–Trinajstić information content (AvgIpc) is 3.83. The number of hydrogen-bond acceptors (Lipinski definition) is 11. The molecule has 13 nitrogen and oxygen atoms in total. The summed E-state index contributed by atoms with van der Waals surface area (Å²) in [7, 11) is 4.69. The van der Waals surface area contributed by atoms with Gasteiger partial charge in [0.2, 0.25) is 11.8 Å². The van der Waals surface area contributed by atoms with Gasteiger partial charge in [0.15, 0.2) is 0 Å². The Morgan fingerprint density at radius 2 is 1.87 bits per heavy atom. The maximum absolute atomic E-state index is 15.0. The van der Waals surface area contributed by atoms with E-state index in [0.717, 1.165) is 31.2 Å². The summed E-state index contributed by atoms with van der Waals surface area (Å²) in [5, 5.41) is 11.6. The van der Waals surface area contributed by atoms with E-state index < -0.39 is 23.3 Å². The fraction of sp³-hybridized carbons (Fsp3) is 0.564. The number of nitrogens with zero attached hydrogens (tertiary/aromatic N) is 3. The molecule has 3 fully saturated rings. The van der Waals surface area contributed by atoms with Gasteiger partial charge >= 0.3 is 5.97 Å². The Morgan fingerprint density at radius 3 is 2.53 bits per heavy atom. The lowest BCUT2D eigenvalue weighted by Crippen LogP contribution is -2.53. The number of amides is 2. The standard InChI is InChI=1S/C39H52ClN5O8/c1-38(37(49)53-21-24-8-9-25(50-3)17-33(24)51-4)13-6-5-7-27(38)36(48)45-16-12-26-28(40)10-11-32(52-22-29(41)31(20-46)43(2)42)35(26)30(45)19-44-23-39(14-15-39)18-34(44)47/h8-11,17,27,30,46H,5-7,12-16,18-23,41-42H2,1-4H3/b31-29-/t27?,30?,38-/m0/s1. The quantitative estimate of drug-likeness (QED) is 0.153. The van der Waals surface area contributed by atoms with Crippen LogP contribution in [0.15, 0.2) is 41.7 Å². The average molecular weight is 754 g/mol. The Morgan fingerprint density at radius 1 is 1.09 bits per heavy atom. The number of benzene rings is 2. The van der Waals surface area contributed by atoms with Crippen LogP contribution in [0.1, 0.15) is 74.6 Å². The van der Waals surface area contributed by atoms with Gasteiger partial charge in [0, 0.05) is 55.3 Å². The zero-order valence-electron chi connectivity index (χ0n) is 31.1. The third-order valence-corrected chi connectivity index (χ3v) is 12.1. The first-order valence-corrected chi connectivity index (χ1v) is 18.7. The number of aliphatic hydroxyl groups excluding tert-OH is 1. The summed E-state index contributed by atoms with van der Waals surface area (Å²) in [6, 6.07) is 8.23. The molecule has 0 aromatic heterocycles. The van der Waals surface area contributed by atoms with E-state index in [1.165, 1.54) is 5.01 Å². The van der Waals surface area contributed by atoms with Crippen LogP contribution in [0.5, 0.6) is 17.2 Å². The van der Waals surface area contributed by atoms with Gasteiger partial charge in [-0.3, -0.25) is 14.4 Å². The first-order valence-electron chi connectivity index (χ1n) is 18.3. The Labute approximate surface area is 316 Å². The maximum atomic E-state index is 15.0. The fourth-order valence-electron chi connectivity index (χ4n) is 8.36. The number of hydrogen-bond donors (Lipinski definition) is 3. The van der Waals surface area contributed by atoms with Gasteiger partial charge in [-0.1, -0.05) is 24.4 Å². The molecule has 0 radical (unpaired) electrons. The molecule has 2 aliphatic carbocycles. The predicted octanol–water partition coefficient (Wildman–Crippen LogP) is 4.08. The highest BCUT2D eigenvalue weighted by atomic mass is 35.5. The Kier molecular flexibility index (Phi) is 11.4. The van der Waals surface area contributed by atoms with Gasteiger partial charge in [-0.25, -0.2) is 5.84 Å². The number of esters is 1. The van der Waals surface area contributed by atoms with E-state index in [-0.39, 0.29) is 49.3 Å². The second-order valence-corrected chi connectivity index (χ2v) is 15.6. The van der Waals surface area contributed by atoms with Crippen LogP contribution in [0.3, 0.4) is 0 Å². The van der Waals surface area contributed by atoms with Crippen LogP contribution in [0, 0.1) is 16.7 Å². The molecule has 2 aliphatic heterocycles. The third kappa shape index (κ3) is 7.74. The van der Waals surface area contributed by atoms with Gasteiger partial charge in [0.05, 0.1) is 49.6 Å². The number of hydrazine groups is 1. The summed E-state index contributed by atoms with van der Waals surface area (Å²) in [6.45, 7) is 2.62. The van der Waals surface area contributed by atoms with E-state index in [9.17, 15) is 14.7 Å². The van der Waals surface area contributed by atoms with Crippen LogP contribution in [0.25, 0.3) is 0 Å². The van der Waals surface area contributed by atoms with Crippen molar-refractivity contribution in [3.63, 3.8) is 0 Å². The summed E-state index contributed by atoms with van der Waals surface area (Å²) < 4.78 is 23.1. The number of fused-ring (bicyclic) bond motifs is 1. The molecule has 2 unspecified atom stereocenters. The SMILES string of the molecule is COc1ccc(COC(=O)[C@@]2(C)CCCCC2C(=O)N2CCc3c(Cl)ccc(OC/C(N)=C(\CO)N(C)N)c3C2CN2CC3(CC3)CC2=O)c(OC)c1. The van der Waals surface area contributed by atoms with Crippen molar-refractivity contribution in [1.82, 2.24) is 14.8 Å². The summed E-state index contributed by atoms with van der Waals surface area (Å²) in [5.74, 6) is 6.32. The Bertz CT molecular complexity index is 1760. The number of methoxy groups -OCH3 is 2. The summed E-state index contributed by atoms with van der Waals surface area (Å²) in [4.78, 5) is 46.2. The molecule has 2 amide bonds. The van der Waals surface area contributed by atoms with E-state index in [0.29, 0.717) is 77.9 Å². The minimum absolute atomic E-state index is 0.0174. The minimum atomic E-state index is -1.08. The molecule has 14 heteroatoms. The molecule has 4 aliphatic rings. The van der Waals surface area contributed by atoms with Crippen LogP contribution >= 0.6 is 11.6 Å². The molecular formula is C39H52ClN5O8. The summed E-state index contributed by atoms with van der Waals surface area (Å²) in [6.07, 6.45) is 5.58. The molecule has 2 aromatic rings. The van der Waals surface area contributed by atoms with Gasteiger partial charge in [-0.2, -0.15) is 0 Å². The van der Waals surface area contributed by atoms with Crippen molar-refractivity contribution in [3.8, 4) is 17.2 Å². The molecule has 53 heavy (non-hydrogen) atoms. The van der Waals surface area contributed by atoms with Gasteiger partial charge in [-0.15, -0.1) is 0 Å². The number of likely N-dealkylation sites (tertiary alicyclic amines) is 1. The van der Waals surface area contributed by atoms with E-state index in [4.69, 9.17) is 42.1 Å². The highest BCUT2D eigenvalue weighted by Crippen LogP contribution is 2.54. The normalized spacial score (nSPS) is 23.6. The lowest BCUT2D eigenvalue weighted by atomic mass is 9.66. The Hall–Kier alpha value is -4.20. The molecular weight excluding hydrogens is 702 g/mol. The van der Waals surface area contributed by atoms with E-state index in [1.54, 1.807) is 51.6 Å². The Balaban J connectivity index is 1.31. The zero-order chi connectivity index (χ0) is 38.1. The lowest BCUT2D eigenvalue weighted by molar-refractivity contribution is -0.169. The second kappa shape index (κ2) is 15.6. The monoisotopic (exact) mass is 753 g/mol. The number of carbonyl (C=O) groups excluding carboxylic acids is 3. The summed E-state index contributed by atoms with van der Waals surface area (Å²) in [5.41, 5.74) is 8.04. The molecule has 2 saturated carbocycles. The number of halogens is 1. The molecule has 3 atom stereocenters. The van der Waals surface area contributed by atoms with E-state index >= 15 is 4.79 Å². The molecule has 2 heterocycles. The highest BCUT2D eigenvalue weighted by Gasteiger charge is 2.54. The topological polar surface area (TPSA) is 170 Å². The molecule has 288 valence electrons. The van der Waals surface area contributed by atoms with Crippen LogP contribution in [0.2, 0.25) is 5.02 Å². The van der Waals surface area contributed by atoms with Crippen molar-refractivity contribution in [2.75, 3.05) is 54.1 Å². The van der Waals surface area contributed by atoms with Crippen LogP contribution < -0.4 is 25.8 Å². The van der Waals surface area contributed by atoms with Crippen molar-refractivity contribution >= 4 is 29.4 Å². The van der Waals surface area contributed by atoms with Crippen LogP contribution in [0.4, 0.5) is 0 Å². The molecule has 1 spiro atoms. The number of aliphatic hydroxyl groups is 1. The number of ether oxygens (including phenoxy) is 4. The fourth-order valence-corrected chi connectivity index (χ4v) is 8.62. The van der Waals surface area contributed by atoms with Crippen molar-refractivity contribution in [2.24, 2.45) is 28.3 Å². The van der Waals surface area contributed by atoms with E-state index in [2.05, 4.69) is 0 Å². The molecule has 6 rings (SSSR count).